The van der Waals surface area contributed by atoms with E-state index in [1.54, 1.807) is 18.4 Å². The second kappa shape index (κ2) is 6.39. The summed E-state index contributed by atoms with van der Waals surface area (Å²) in [5.74, 6) is 0.905. The maximum atomic E-state index is 5.26. The van der Waals surface area contributed by atoms with Crippen LogP contribution in [-0.4, -0.2) is 14.2 Å². The van der Waals surface area contributed by atoms with Crippen molar-refractivity contribution in [2.75, 3.05) is 14.2 Å². The van der Waals surface area contributed by atoms with Crippen LogP contribution in [0.15, 0.2) is 32.5 Å². The minimum Gasteiger partial charge on any atom is -0.496 e. The summed E-state index contributed by atoms with van der Waals surface area (Å²) >= 11 is 8.95. The monoisotopic (exact) mass is 403 g/mol. The summed E-state index contributed by atoms with van der Waals surface area (Å²) in [7, 11) is 3.66. The van der Waals surface area contributed by atoms with Crippen molar-refractivity contribution in [1.82, 2.24) is 5.32 Å². The standard InChI is InChI=1S/C14H15Br2NOS/c1-8-4-12(16)10(6-11(8)15)14(17-2)13-5-9(18-3)7-19-13/h4-7,14,17H,1-3H3. The second-order valence-corrected chi connectivity index (χ2v) is 6.88. The van der Waals surface area contributed by atoms with Gasteiger partial charge in [-0.3, -0.25) is 0 Å². The molecule has 2 nitrogen and oxygen atoms in total. The van der Waals surface area contributed by atoms with Crippen LogP contribution in [0.5, 0.6) is 5.75 Å². The molecule has 1 heterocycles. The number of ether oxygens (including phenoxy) is 1. The Morgan fingerprint density at radius 1 is 1.21 bits per heavy atom. The van der Waals surface area contributed by atoms with Gasteiger partial charge in [-0.2, -0.15) is 0 Å². The molecule has 2 aromatic rings. The highest BCUT2D eigenvalue weighted by molar-refractivity contribution is 9.11. The highest BCUT2D eigenvalue weighted by atomic mass is 79.9. The van der Waals surface area contributed by atoms with Crippen molar-refractivity contribution in [3.63, 3.8) is 0 Å². The average molecular weight is 405 g/mol. The number of rotatable bonds is 4. The average Bonchev–Trinajstić information content (AvgIpc) is 2.85. The van der Waals surface area contributed by atoms with Crippen molar-refractivity contribution in [2.45, 2.75) is 13.0 Å². The van der Waals surface area contributed by atoms with Crippen LogP contribution in [0.3, 0.4) is 0 Å². The van der Waals surface area contributed by atoms with Gasteiger partial charge >= 0.3 is 0 Å². The van der Waals surface area contributed by atoms with Gasteiger partial charge in [0.1, 0.15) is 5.75 Å². The van der Waals surface area contributed by atoms with E-state index in [0.29, 0.717) is 0 Å². The smallest absolute Gasteiger partial charge is 0.129 e. The highest BCUT2D eigenvalue weighted by Crippen LogP contribution is 2.36. The van der Waals surface area contributed by atoms with Gasteiger partial charge in [0.15, 0.2) is 0 Å². The van der Waals surface area contributed by atoms with Crippen LogP contribution in [0.25, 0.3) is 0 Å². The number of aryl methyl sites for hydroxylation is 1. The molecule has 1 N–H and O–H groups in total. The highest BCUT2D eigenvalue weighted by Gasteiger charge is 2.18. The van der Waals surface area contributed by atoms with Crippen LogP contribution in [-0.2, 0) is 0 Å². The zero-order chi connectivity index (χ0) is 14.0. The molecule has 0 radical (unpaired) electrons. The molecule has 5 heteroatoms. The Hall–Kier alpha value is -0.360. The largest absolute Gasteiger partial charge is 0.496 e. The summed E-state index contributed by atoms with van der Waals surface area (Å²) in [5.41, 5.74) is 2.43. The maximum absolute atomic E-state index is 5.26. The molecule has 0 spiro atoms. The molecule has 0 aliphatic carbocycles. The molecular formula is C14H15Br2NOS. The molecule has 1 atom stereocenters. The first kappa shape index (κ1) is 15.0. The Morgan fingerprint density at radius 3 is 2.53 bits per heavy atom. The first-order chi connectivity index (χ1) is 9.06. The number of nitrogens with one attached hydrogen (secondary N) is 1. The lowest BCUT2D eigenvalue weighted by Crippen LogP contribution is -2.17. The fourth-order valence-corrected chi connectivity index (χ4v) is 3.96. The van der Waals surface area contributed by atoms with Gasteiger partial charge in [-0.25, -0.2) is 0 Å². The Balaban J connectivity index is 2.44. The zero-order valence-electron chi connectivity index (χ0n) is 11.0. The van der Waals surface area contributed by atoms with Crippen LogP contribution in [0.1, 0.15) is 22.0 Å². The molecule has 2 rings (SSSR count). The maximum Gasteiger partial charge on any atom is 0.129 e. The van der Waals surface area contributed by atoms with Crippen LogP contribution in [0.4, 0.5) is 0 Å². The van der Waals surface area contributed by atoms with Gasteiger partial charge in [0.25, 0.3) is 0 Å². The summed E-state index contributed by atoms with van der Waals surface area (Å²) in [6.07, 6.45) is 0. The minimum atomic E-state index is 0.153. The van der Waals surface area contributed by atoms with Crippen LogP contribution in [0, 0.1) is 6.92 Å². The normalized spacial score (nSPS) is 12.5. The van der Waals surface area contributed by atoms with Crippen molar-refractivity contribution in [3.8, 4) is 5.75 Å². The van der Waals surface area contributed by atoms with E-state index < -0.39 is 0 Å². The van der Waals surface area contributed by atoms with Gasteiger partial charge in [0, 0.05) is 19.2 Å². The number of hydrogen-bond donors (Lipinski definition) is 1. The van der Waals surface area contributed by atoms with E-state index in [0.717, 1.165) is 14.7 Å². The van der Waals surface area contributed by atoms with Gasteiger partial charge < -0.3 is 10.1 Å². The predicted octanol–water partition coefficient (Wildman–Crippen LogP) is 4.90. The number of thiophene rings is 1. The third kappa shape index (κ3) is 3.21. The first-order valence-corrected chi connectivity index (χ1v) is 8.28. The van der Waals surface area contributed by atoms with Crippen LogP contribution >= 0.6 is 43.2 Å². The topological polar surface area (TPSA) is 21.3 Å². The lowest BCUT2D eigenvalue weighted by molar-refractivity contribution is 0.416. The Bertz CT molecular complexity index is 583. The Labute approximate surface area is 134 Å². The Kier molecular flexibility index (Phi) is 5.06. The molecule has 0 aliphatic rings. The molecule has 0 aliphatic heterocycles. The van der Waals surface area contributed by atoms with Gasteiger partial charge in [0.2, 0.25) is 0 Å². The lowest BCUT2D eigenvalue weighted by atomic mass is 10.0. The molecule has 1 aromatic carbocycles. The molecule has 0 bridgehead atoms. The van der Waals surface area contributed by atoms with E-state index in [1.807, 2.05) is 12.4 Å². The number of methoxy groups -OCH3 is 1. The first-order valence-electron chi connectivity index (χ1n) is 5.82. The summed E-state index contributed by atoms with van der Waals surface area (Å²) in [6.45, 7) is 2.08. The van der Waals surface area contributed by atoms with Gasteiger partial charge in [-0.15, -0.1) is 11.3 Å². The van der Waals surface area contributed by atoms with E-state index >= 15 is 0 Å². The van der Waals surface area contributed by atoms with Crippen molar-refractivity contribution < 1.29 is 4.74 Å². The second-order valence-electron chi connectivity index (χ2n) is 4.23. The molecule has 1 aromatic heterocycles. The SMILES string of the molecule is CNC(c1cc(OC)cs1)c1cc(Br)c(C)cc1Br. The fraction of sp³-hybridized carbons (Fsp3) is 0.286. The molecular weight excluding hydrogens is 390 g/mol. The quantitative estimate of drug-likeness (QED) is 0.782. The van der Waals surface area contributed by atoms with Crippen LogP contribution in [0.2, 0.25) is 0 Å². The van der Waals surface area contributed by atoms with E-state index in [1.165, 1.54) is 16.0 Å². The Morgan fingerprint density at radius 2 is 1.95 bits per heavy atom. The number of hydrogen-bond acceptors (Lipinski definition) is 3. The van der Waals surface area contributed by atoms with Crippen molar-refractivity contribution in [3.05, 3.63) is 48.5 Å². The fourth-order valence-electron chi connectivity index (χ4n) is 1.93. The predicted molar refractivity (Wildman–Crippen MR) is 88.4 cm³/mol. The van der Waals surface area contributed by atoms with E-state index in [9.17, 15) is 0 Å². The summed E-state index contributed by atoms with van der Waals surface area (Å²) in [4.78, 5) is 1.23. The molecule has 0 fully saturated rings. The molecule has 1 unspecified atom stereocenters. The van der Waals surface area contributed by atoms with Crippen molar-refractivity contribution in [1.29, 1.82) is 0 Å². The summed E-state index contributed by atoms with van der Waals surface area (Å²) in [5, 5.41) is 5.39. The third-order valence-electron chi connectivity index (χ3n) is 2.99. The number of benzene rings is 1. The third-order valence-corrected chi connectivity index (χ3v) is 5.51. The molecule has 102 valence electrons. The summed E-state index contributed by atoms with van der Waals surface area (Å²) in [6, 6.07) is 6.52. The molecule has 0 saturated heterocycles. The molecule has 19 heavy (non-hydrogen) atoms. The minimum absolute atomic E-state index is 0.153. The number of halogens is 2. The molecule has 0 saturated carbocycles. The molecule has 0 amide bonds. The van der Waals surface area contributed by atoms with Gasteiger partial charge in [-0.05, 0) is 43.3 Å². The van der Waals surface area contributed by atoms with Gasteiger partial charge in [-0.1, -0.05) is 31.9 Å². The van der Waals surface area contributed by atoms with Crippen LogP contribution < -0.4 is 10.1 Å². The van der Waals surface area contributed by atoms with E-state index in [2.05, 4.69) is 62.3 Å². The van der Waals surface area contributed by atoms with Crippen molar-refractivity contribution >= 4 is 43.2 Å². The van der Waals surface area contributed by atoms with Gasteiger partial charge in [0.05, 0.1) is 13.2 Å². The van der Waals surface area contributed by atoms with E-state index in [4.69, 9.17) is 4.74 Å². The van der Waals surface area contributed by atoms with Crippen molar-refractivity contribution in [2.24, 2.45) is 0 Å². The van der Waals surface area contributed by atoms with E-state index in [-0.39, 0.29) is 6.04 Å². The lowest BCUT2D eigenvalue weighted by Gasteiger charge is -2.18. The zero-order valence-corrected chi connectivity index (χ0v) is 14.9. The summed E-state index contributed by atoms with van der Waals surface area (Å²) < 4.78 is 7.49.